The van der Waals surface area contributed by atoms with Gasteiger partial charge in [-0.3, -0.25) is 0 Å². The van der Waals surface area contributed by atoms with Gasteiger partial charge in [0.2, 0.25) is 0 Å². The quantitative estimate of drug-likeness (QED) is 0.647. The van der Waals surface area contributed by atoms with Crippen molar-refractivity contribution in [3.63, 3.8) is 0 Å². The van der Waals surface area contributed by atoms with Gasteiger partial charge in [0, 0.05) is 0 Å². The van der Waals surface area contributed by atoms with E-state index in [0.29, 0.717) is 0 Å². The van der Waals surface area contributed by atoms with Gasteiger partial charge in [0.1, 0.15) is 0 Å². The summed E-state index contributed by atoms with van der Waals surface area (Å²) in [5.41, 5.74) is 0. The summed E-state index contributed by atoms with van der Waals surface area (Å²) in [5, 5.41) is 0. The van der Waals surface area contributed by atoms with Crippen LogP contribution in [0.5, 0.6) is 0 Å². The molecular formula is CCl2OW. The second-order valence-electron chi connectivity index (χ2n) is 0.296. The predicted molar refractivity (Wildman–Crippen MR) is 17.4 cm³/mol. The molecule has 0 heterocycles. The standard InChI is InChI=1S/CO.2ClH.W/c1-2;;;/h;2*1H;/q;;;+2/p-2. The Kier molecular flexibility index (Phi) is 3.57. The van der Waals surface area contributed by atoms with Crippen LogP contribution in [0.2, 0.25) is 0 Å². The summed E-state index contributed by atoms with van der Waals surface area (Å²) in [4.78, 5) is 9.20. The molecule has 0 aromatic carbocycles. The third-order valence-corrected chi connectivity index (χ3v) is 1.55. The molecule has 30 valence electrons. The van der Waals surface area contributed by atoms with Gasteiger partial charge >= 0.3 is 42.7 Å². The van der Waals surface area contributed by atoms with E-state index in [1.54, 1.807) is 0 Å². The van der Waals surface area contributed by atoms with Crippen LogP contribution < -0.4 is 0 Å². The van der Waals surface area contributed by atoms with Crippen molar-refractivity contribution in [2.75, 3.05) is 0 Å². The van der Waals surface area contributed by atoms with Gasteiger partial charge in [-0.15, -0.1) is 0 Å². The number of halogens is 2. The summed E-state index contributed by atoms with van der Waals surface area (Å²) in [6, 6.07) is 0. The first-order valence-corrected chi connectivity index (χ1v) is 9.45. The van der Waals surface area contributed by atoms with E-state index >= 15 is 0 Å². The first-order chi connectivity index (χ1) is 2.27. The van der Waals surface area contributed by atoms with Crippen LogP contribution >= 0.6 is 18.8 Å². The van der Waals surface area contributed by atoms with Crippen molar-refractivity contribution in [1.29, 1.82) is 0 Å². The summed E-state index contributed by atoms with van der Waals surface area (Å²) in [7, 11) is 10.00. The van der Waals surface area contributed by atoms with E-state index in [1.165, 1.54) is 4.27 Å². The molecule has 0 aromatic heterocycles. The Morgan fingerprint density at radius 2 is 1.80 bits per heavy atom. The number of rotatable bonds is 0. The van der Waals surface area contributed by atoms with Crippen LogP contribution in [0.15, 0.2) is 0 Å². The van der Waals surface area contributed by atoms with Crippen molar-refractivity contribution in [3.8, 4) is 0 Å². The summed E-state index contributed by atoms with van der Waals surface area (Å²) in [6.07, 6.45) is 0. The zero-order chi connectivity index (χ0) is 4.28. The Hall–Kier alpha value is 0.848. The molecule has 0 unspecified atom stereocenters. The van der Waals surface area contributed by atoms with Crippen LogP contribution in [0.3, 0.4) is 0 Å². The molecule has 0 rings (SSSR count). The molecular weight excluding hydrogens is 283 g/mol. The van der Waals surface area contributed by atoms with Crippen molar-refractivity contribution < 1.29 is 19.6 Å². The van der Waals surface area contributed by atoms with Crippen LogP contribution in [-0.4, -0.2) is 4.27 Å². The van der Waals surface area contributed by atoms with E-state index in [4.69, 9.17) is 18.8 Å². The Labute approximate surface area is 42.8 Å². The zero-order valence-electron chi connectivity index (χ0n) is 2.07. The van der Waals surface area contributed by atoms with Gasteiger partial charge in [-0.05, 0) is 0 Å². The molecule has 4 heteroatoms. The average Bonchev–Trinajstić information content (AvgIpc) is 1.38. The van der Waals surface area contributed by atoms with E-state index < -0.39 is 14.8 Å². The molecule has 0 aliphatic carbocycles. The van der Waals surface area contributed by atoms with Gasteiger partial charge in [-0.2, -0.15) is 0 Å². The van der Waals surface area contributed by atoms with Crippen LogP contribution in [0.25, 0.3) is 0 Å². The molecule has 0 bridgehead atoms. The summed E-state index contributed by atoms with van der Waals surface area (Å²) >= 11 is -2.42. The van der Waals surface area contributed by atoms with Crippen molar-refractivity contribution in [2.24, 2.45) is 0 Å². The fraction of sp³-hybridized carbons (Fsp3) is 0. The molecule has 0 saturated heterocycles. The monoisotopic (exact) mass is 282 g/mol. The molecule has 0 N–H and O–H groups in total. The molecule has 5 heavy (non-hydrogen) atoms. The second kappa shape index (κ2) is 3.05. The second-order valence-corrected chi connectivity index (χ2v) is 8.77. The molecule has 0 aliphatic heterocycles. The SMILES string of the molecule is O=[C]=[W]([Cl])[Cl]. The number of carbonyl (C=O) groups excluding carboxylic acids is 1. The summed E-state index contributed by atoms with van der Waals surface area (Å²) < 4.78 is 1.50. The third-order valence-electron chi connectivity index (χ3n) is 0.0630. The minimum absolute atomic E-state index is 1.50. The van der Waals surface area contributed by atoms with Gasteiger partial charge < -0.3 is 0 Å². The molecule has 0 amide bonds. The van der Waals surface area contributed by atoms with Crippen molar-refractivity contribution in [1.82, 2.24) is 0 Å². The summed E-state index contributed by atoms with van der Waals surface area (Å²) in [5.74, 6) is 0. The molecule has 0 fully saturated rings. The first-order valence-electron chi connectivity index (χ1n) is 0.717. The van der Waals surface area contributed by atoms with Crippen LogP contribution in [0.1, 0.15) is 0 Å². The van der Waals surface area contributed by atoms with E-state index in [9.17, 15) is 4.79 Å². The van der Waals surface area contributed by atoms with E-state index in [-0.39, 0.29) is 0 Å². The van der Waals surface area contributed by atoms with Gasteiger partial charge in [-0.25, -0.2) is 0 Å². The van der Waals surface area contributed by atoms with Crippen LogP contribution in [0, 0.1) is 0 Å². The molecule has 0 saturated carbocycles. The van der Waals surface area contributed by atoms with E-state index in [2.05, 4.69) is 0 Å². The topological polar surface area (TPSA) is 17.1 Å². The summed E-state index contributed by atoms with van der Waals surface area (Å²) in [6.45, 7) is 0. The maximum atomic E-state index is 9.20. The molecule has 0 aromatic rings. The zero-order valence-corrected chi connectivity index (χ0v) is 6.52. The fourth-order valence-electron chi connectivity index (χ4n) is 0. The van der Waals surface area contributed by atoms with Gasteiger partial charge in [0.15, 0.2) is 0 Å². The molecule has 0 atom stereocenters. The fourth-order valence-corrected chi connectivity index (χ4v) is 0. The van der Waals surface area contributed by atoms with Crippen LogP contribution in [0.4, 0.5) is 0 Å². The number of hydrogen-bond acceptors (Lipinski definition) is 1. The van der Waals surface area contributed by atoms with Gasteiger partial charge in [-0.1, -0.05) is 0 Å². The van der Waals surface area contributed by atoms with Crippen molar-refractivity contribution in [2.45, 2.75) is 0 Å². The Bertz CT molecular complexity index is 69.7. The van der Waals surface area contributed by atoms with Crippen molar-refractivity contribution >= 4 is 23.1 Å². The average molecular weight is 283 g/mol. The van der Waals surface area contributed by atoms with Gasteiger partial charge in [0.05, 0.1) is 0 Å². The predicted octanol–water partition coefficient (Wildman–Crippen LogP) is 0.979. The Morgan fingerprint density at radius 3 is 1.80 bits per heavy atom. The molecule has 1 nitrogen and oxygen atoms in total. The molecule has 0 spiro atoms. The van der Waals surface area contributed by atoms with E-state index in [0.717, 1.165) is 0 Å². The van der Waals surface area contributed by atoms with Gasteiger partial charge in [0.25, 0.3) is 0 Å². The van der Waals surface area contributed by atoms with Crippen molar-refractivity contribution in [3.05, 3.63) is 0 Å². The minimum atomic E-state index is -2.42. The third kappa shape index (κ3) is 4.85. The van der Waals surface area contributed by atoms with Crippen LogP contribution in [-0.2, 0) is 19.6 Å². The first kappa shape index (κ1) is 5.85. The Morgan fingerprint density at radius 1 is 1.60 bits per heavy atom. The number of hydrogen-bond donors (Lipinski definition) is 0. The normalized spacial score (nSPS) is 7.80. The molecule has 0 radical (unpaired) electrons. The maximum absolute atomic E-state index is 9.20. The van der Waals surface area contributed by atoms with E-state index in [1.807, 2.05) is 0 Å². The molecule has 0 aliphatic rings. The Balaban J connectivity index is 3.60.